The molecule has 0 saturated carbocycles. The first-order valence-electron chi connectivity index (χ1n) is 12.9. The first-order valence-corrected chi connectivity index (χ1v) is 12.9. The summed E-state index contributed by atoms with van der Waals surface area (Å²) in [6.45, 7) is 6.65. The highest BCUT2D eigenvalue weighted by molar-refractivity contribution is 5.95. The van der Waals surface area contributed by atoms with Gasteiger partial charge >= 0.3 is 0 Å². The van der Waals surface area contributed by atoms with Crippen molar-refractivity contribution in [1.29, 1.82) is 0 Å². The van der Waals surface area contributed by atoms with E-state index in [2.05, 4.69) is 36.6 Å². The highest BCUT2D eigenvalue weighted by atomic mass is 16.5. The van der Waals surface area contributed by atoms with E-state index < -0.39 is 6.04 Å². The van der Waals surface area contributed by atoms with Crippen LogP contribution in [0.25, 0.3) is 0 Å². The number of nitrogens with zero attached hydrogens (tertiary/aromatic N) is 1. The van der Waals surface area contributed by atoms with Crippen molar-refractivity contribution < 1.29 is 28.6 Å². The molecule has 1 heterocycles. The topological polar surface area (TPSA) is 106 Å². The van der Waals surface area contributed by atoms with Gasteiger partial charge in [-0.25, -0.2) is 0 Å². The summed E-state index contributed by atoms with van der Waals surface area (Å²) in [4.78, 5) is 39.9. The number of amides is 3. The highest BCUT2D eigenvalue weighted by Gasteiger charge is 2.28. The fourth-order valence-corrected chi connectivity index (χ4v) is 4.64. The van der Waals surface area contributed by atoms with E-state index in [4.69, 9.17) is 14.2 Å². The van der Waals surface area contributed by atoms with Gasteiger partial charge in [0, 0.05) is 38.0 Å². The molecule has 0 bridgehead atoms. The van der Waals surface area contributed by atoms with Gasteiger partial charge in [0.2, 0.25) is 17.6 Å². The third kappa shape index (κ3) is 7.18. The third-order valence-electron chi connectivity index (χ3n) is 6.82. The number of nitrogens with one attached hydrogen (secondary N) is 2. The van der Waals surface area contributed by atoms with E-state index in [9.17, 15) is 14.4 Å². The molecule has 0 unspecified atom stereocenters. The van der Waals surface area contributed by atoms with Crippen molar-refractivity contribution in [1.82, 2.24) is 15.5 Å². The van der Waals surface area contributed by atoms with Crippen molar-refractivity contribution in [3.05, 3.63) is 53.1 Å². The maximum atomic E-state index is 13.2. The molecule has 3 amide bonds. The summed E-state index contributed by atoms with van der Waals surface area (Å²) in [5.41, 5.74) is 2.65. The SMILES string of the molecule is COc1cc(C(=O)N2CCC(NC(=O)[C@@H](Cc3ccc(C(C)C)cc3)NC(C)=O)CC2)cc(OC)c1OC. The molecular formula is C29H39N3O6. The number of benzene rings is 2. The van der Waals surface area contributed by atoms with Crippen molar-refractivity contribution >= 4 is 17.7 Å². The van der Waals surface area contributed by atoms with Crippen LogP contribution in [0.2, 0.25) is 0 Å². The third-order valence-corrected chi connectivity index (χ3v) is 6.82. The van der Waals surface area contributed by atoms with Crippen molar-refractivity contribution in [3.8, 4) is 17.2 Å². The average molecular weight is 526 g/mol. The van der Waals surface area contributed by atoms with Crippen LogP contribution >= 0.6 is 0 Å². The van der Waals surface area contributed by atoms with Gasteiger partial charge in [-0.3, -0.25) is 14.4 Å². The molecule has 1 fully saturated rings. The van der Waals surface area contributed by atoms with E-state index >= 15 is 0 Å². The molecule has 0 aromatic heterocycles. The summed E-state index contributed by atoms with van der Waals surface area (Å²) in [5.74, 6) is 1.07. The summed E-state index contributed by atoms with van der Waals surface area (Å²) in [5, 5.41) is 5.86. The molecule has 2 N–H and O–H groups in total. The lowest BCUT2D eigenvalue weighted by Gasteiger charge is -2.33. The predicted molar refractivity (Wildman–Crippen MR) is 145 cm³/mol. The number of rotatable bonds is 10. The maximum absolute atomic E-state index is 13.2. The number of carbonyl (C=O) groups is 3. The van der Waals surface area contributed by atoms with Gasteiger partial charge in [-0.2, -0.15) is 0 Å². The van der Waals surface area contributed by atoms with Crippen molar-refractivity contribution in [2.75, 3.05) is 34.4 Å². The molecule has 206 valence electrons. The van der Waals surface area contributed by atoms with Crippen LogP contribution in [0.1, 0.15) is 61.0 Å². The Morgan fingerprint density at radius 3 is 2.00 bits per heavy atom. The summed E-state index contributed by atoms with van der Waals surface area (Å²) < 4.78 is 16.1. The molecule has 1 atom stereocenters. The normalized spacial score (nSPS) is 14.6. The minimum Gasteiger partial charge on any atom is -0.493 e. The van der Waals surface area contributed by atoms with E-state index in [1.54, 1.807) is 17.0 Å². The van der Waals surface area contributed by atoms with Gasteiger partial charge in [0.05, 0.1) is 21.3 Å². The van der Waals surface area contributed by atoms with Gasteiger partial charge in [0.15, 0.2) is 11.5 Å². The monoisotopic (exact) mass is 525 g/mol. The van der Waals surface area contributed by atoms with Crippen LogP contribution in [-0.4, -0.2) is 69.1 Å². The summed E-state index contributed by atoms with van der Waals surface area (Å²) in [7, 11) is 4.53. The van der Waals surface area contributed by atoms with Crippen LogP contribution in [-0.2, 0) is 16.0 Å². The number of carbonyl (C=O) groups excluding carboxylic acids is 3. The number of likely N-dealkylation sites (tertiary alicyclic amines) is 1. The second-order valence-electron chi connectivity index (χ2n) is 9.84. The standard InChI is InChI=1S/C29H39N3O6/c1-18(2)21-9-7-20(8-10-21)15-24(30-19(3)33)28(34)31-23-11-13-32(14-12-23)29(35)22-16-25(36-4)27(38-6)26(17-22)37-5/h7-10,16-18,23-24H,11-15H2,1-6H3,(H,30,33)(H,31,34)/t24-/m1/s1. The minimum absolute atomic E-state index is 0.0916. The van der Waals surface area contributed by atoms with E-state index in [0.717, 1.165) is 5.56 Å². The van der Waals surface area contributed by atoms with Crippen molar-refractivity contribution in [3.63, 3.8) is 0 Å². The molecule has 9 heteroatoms. The molecule has 1 aliphatic rings. The Kier molecular flexibility index (Phi) is 9.98. The van der Waals surface area contributed by atoms with Gasteiger partial charge in [0.1, 0.15) is 6.04 Å². The number of piperidine rings is 1. The van der Waals surface area contributed by atoms with Crippen LogP contribution in [0.3, 0.4) is 0 Å². The molecule has 2 aromatic rings. The van der Waals surface area contributed by atoms with Crippen LogP contribution in [0.5, 0.6) is 17.2 Å². The van der Waals surface area contributed by atoms with Gasteiger partial charge in [-0.15, -0.1) is 0 Å². The Morgan fingerprint density at radius 2 is 1.53 bits per heavy atom. The molecule has 0 spiro atoms. The van der Waals surface area contributed by atoms with Crippen LogP contribution in [0.15, 0.2) is 36.4 Å². The molecule has 38 heavy (non-hydrogen) atoms. The first-order chi connectivity index (χ1) is 18.2. The first kappa shape index (κ1) is 28.8. The van der Waals surface area contributed by atoms with Gasteiger partial charge in [0.25, 0.3) is 5.91 Å². The van der Waals surface area contributed by atoms with Gasteiger partial charge in [-0.05, 0) is 42.0 Å². The number of hydrogen-bond donors (Lipinski definition) is 2. The molecule has 3 rings (SSSR count). The smallest absolute Gasteiger partial charge is 0.254 e. The zero-order valence-electron chi connectivity index (χ0n) is 23.1. The minimum atomic E-state index is -0.670. The molecular weight excluding hydrogens is 486 g/mol. The summed E-state index contributed by atoms with van der Waals surface area (Å²) in [6.07, 6.45) is 1.62. The second kappa shape index (κ2) is 13.2. The van der Waals surface area contributed by atoms with Gasteiger partial charge in [-0.1, -0.05) is 38.1 Å². The molecule has 1 aliphatic heterocycles. The molecule has 9 nitrogen and oxygen atoms in total. The van der Waals surface area contributed by atoms with Crippen molar-refractivity contribution in [2.45, 2.75) is 58.0 Å². The van der Waals surface area contributed by atoms with E-state index in [1.807, 2.05) is 12.1 Å². The lowest BCUT2D eigenvalue weighted by Crippen LogP contribution is -2.53. The van der Waals surface area contributed by atoms with Crippen LogP contribution in [0, 0.1) is 0 Å². The Balaban J connectivity index is 1.61. The van der Waals surface area contributed by atoms with E-state index in [0.29, 0.717) is 61.1 Å². The Morgan fingerprint density at radius 1 is 0.947 bits per heavy atom. The zero-order chi connectivity index (χ0) is 27.8. The molecule has 0 radical (unpaired) electrons. The van der Waals surface area contributed by atoms with E-state index in [1.165, 1.54) is 33.8 Å². The number of methoxy groups -OCH3 is 3. The van der Waals surface area contributed by atoms with Crippen molar-refractivity contribution in [2.24, 2.45) is 0 Å². The molecule has 1 saturated heterocycles. The Labute approximate surface area is 224 Å². The fourth-order valence-electron chi connectivity index (χ4n) is 4.64. The van der Waals surface area contributed by atoms with Crippen LogP contribution in [0.4, 0.5) is 0 Å². The second-order valence-corrected chi connectivity index (χ2v) is 9.84. The van der Waals surface area contributed by atoms with Crippen LogP contribution < -0.4 is 24.8 Å². The summed E-state index contributed by atoms with van der Waals surface area (Å²) >= 11 is 0. The van der Waals surface area contributed by atoms with Gasteiger partial charge < -0.3 is 29.7 Å². The Bertz CT molecular complexity index is 1100. The average Bonchev–Trinajstić information content (AvgIpc) is 2.91. The maximum Gasteiger partial charge on any atom is 0.254 e. The molecule has 2 aromatic carbocycles. The van der Waals surface area contributed by atoms with E-state index in [-0.39, 0.29) is 23.8 Å². The Hall–Kier alpha value is -3.75. The lowest BCUT2D eigenvalue weighted by atomic mass is 9.98. The molecule has 0 aliphatic carbocycles. The quantitative estimate of drug-likeness (QED) is 0.493. The lowest BCUT2D eigenvalue weighted by molar-refractivity contribution is -0.128. The highest BCUT2D eigenvalue weighted by Crippen LogP contribution is 2.38. The predicted octanol–water partition coefficient (Wildman–Crippen LogP) is 3.30. The number of hydrogen-bond acceptors (Lipinski definition) is 6. The fraction of sp³-hybridized carbons (Fsp3) is 0.483. The number of ether oxygens (including phenoxy) is 3. The summed E-state index contributed by atoms with van der Waals surface area (Å²) in [6, 6.07) is 10.6. The largest absolute Gasteiger partial charge is 0.493 e. The zero-order valence-corrected chi connectivity index (χ0v) is 23.1.